The number of fused-ring (bicyclic) bond motifs is 1. The van der Waals surface area contributed by atoms with Crippen molar-refractivity contribution in [3.8, 4) is 5.75 Å². The van der Waals surface area contributed by atoms with Gasteiger partial charge in [-0.15, -0.1) is 0 Å². The van der Waals surface area contributed by atoms with Crippen molar-refractivity contribution in [2.75, 3.05) is 6.61 Å². The van der Waals surface area contributed by atoms with Crippen molar-refractivity contribution in [2.45, 2.75) is 13.3 Å². The van der Waals surface area contributed by atoms with Crippen LogP contribution in [0.1, 0.15) is 22.3 Å². The molecule has 3 heteroatoms. The monoisotopic (exact) mass is 196 g/mol. The minimum absolute atomic E-state index is 0.114. The van der Waals surface area contributed by atoms with E-state index >= 15 is 0 Å². The van der Waals surface area contributed by atoms with Crippen LogP contribution in [0.5, 0.6) is 5.75 Å². The quantitative estimate of drug-likeness (QED) is 0.638. The molecule has 13 heavy (non-hydrogen) atoms. The average Bonchev–Trinajstić information content (AvgIpc) is 2.09. The lowest BCUT2D eigenvalue weighted by atomic mass is 10.0. The molecule has 2 rings (SSSR count). The van der Waals surface area contributed by atoms with E-state index in [-0.39, 0.29) is 5.78 Å². The van der Waals surface area contributed by atoms with Crippen LogP contribution in [0.4, 0.5) is 0 Å². The molecule has 68 valence electrons. The third-order valence-electron chi connectivity index (χ3n) is 2.15. The maximum absolute atomic E-state index is 11.4. The zero-order valence-electron chi connectivity index (χ0n) is 7.26. The number of hydrogen-bond acceptors (Lipinski definition) is 2. The van der Waals surface area contributed by atoms with E-state index in [9.17, 15) is 4.79 Å². The number of carbonyl (C=O) groups is 1. The molecule has 2 nitrogen and oxygen atoms in total. The third kappa shape index (κ3) is 1.42. The number of halogens is 1. The molecule has 1 aliphatic rings. The summed E-state index contributed by atoms with van der Waals surface area (Å²) in [6.45, 7) is 2.37. The molecule has 0 N–H and O–H groups in total. The van der Waals surface area contributed by atoms with Gasteiger partial charge in [0.2, 0.25) is 0 Å². The van der Waals surface area contributed by atoms with Gasteiger partial charge in [-0.25, -0.2) is 0 Å². The van der Waals surface area contributed by atoms with Gasteiger partial charge in [0.15, 0.2) is 5.78 Å². The van der Waals surface area contributed by atoms with Crippen LogP contribution in [0.25, 0.3) is 0 Å². The molecule has 1 aromatic rings. The van der Waals surface area contributed by atoms with Crippen LogP contribution < -0.4 is 4.74 Å². The molecule has 0 radical (unpaired) electrons. The maximum atomic E-state index is 11.4. The Morgan fingerprint density at radius 3 is 3.00 bits per heavy atom. The minimum atomic E-state index is 0.114. The highest BCUT2D eigenvalue weighted by atomic mass is 35.5. The van der Waals surface area contributed by atoms with Crippen molar-refractivity contribution in [2.24, 2.45) is 0 Å². The fraction of sp³-hybridized carbons (Fsp3) is 0.300. The number of hydrogen-bond donors (Lipinski definition) is 0. The first-order valence-corrected chi connectivity index (χ1v) is 4.52. The number of benzene rings is 1. The summed E-state index contributed by atoms with van der Waals surface area (Å²) < 4.78 is 5.35. The molecule has 1 aromatic carbocycles. The van der Waals surface area contributed by atoms with Gasteiger partial charge in [-0.2, -0.15) is 0 Å². The summed E-state index contributed by atoms with van der Waals surface area (Å²) >= 11 is 5.90. The largest absolute Gasteiger partial charge is 0.492 e. The van der Waals surface area contributed by atoms with Gasteiger partial charge in [-0.05, 0) is 24.6 Å². The van der Waals surface area contributed by atoms with Crippen molar-refractivity contribution in [1.29, 1.82) is 0 Å². The van der Waals surface area contributed by atoms with Gasteiger partial charge in [0.1, 0.15) is 5.75 Å². The van der Waals surface area contributed by atoms with E-state index in [1.54, 1.807) is 6.07 Å². The van der Waals surface area contributed by atoms with Crippen LogP contribution in [0, 0.1) is 6.92 Å². The predicted molar refractivity (Wildman–Crippen MR) is 50.6 cm³/mol. The van der Waals surface area contributed by atoms with E-state index in [0.717, 1.165) is 5.56 Å². The van der Waals surface area contributed by atoms with Gasteiger partial charge < -0.3 is 4.74 Å². The van der Waals surface area contributed by atoms with Crippen LogP contribution in [0.3, 0.4) is 0 Å². The van der Waals surface area contributed by atoms with Gasteiger partial charge in [-0.1, -0.05) is 11.6 Å². The van der Waals surface area contributed by atoms with Gasteiger partial charge in [0.05, 0.1) is 12.2 Å². The fourth-order valence-electron chi connectivity index (χ4n) is 1.38. The van der Waals surface area contributed by atoms with Crippen molar-refractivity contribution < 1.29 is 9.53 Å². The summed E-state index contributed by atoms with van der Waals surface area (Å²) in [4.78, 5) is 11.4. The number of carbonyl (C=O) groups excluding carboxylic acids is 1. The normalized spacial score (nSPS) is 15.1. The Hall–Kier alpha value is -1.02. The molecule has 1 heterocycles. The molecule has 0 aromatic heterocycles. The summed E-state index contributed by atoms with van der Waals surface area (Å²) in [7, 11) is 0. The molecule has 0 unspecified atom stereocenters. The highest BCUT2D eigenvalue weighted by molar-refractivity contribution is 6.31. The van der Waals surface area contributed by atoms with Crippen molar-refractivity contribution in [1.82, 2.24) is 0 Å². The first kappa shape index (κ1) is 8.57. The summed E-state index contributed by atoms with van der Waals surface area (Å²) in [6, 6.07) is 3.50. The zero-order chi connectivity index (χ0) is 9.42. The Morgan fingerprint density at radius 1 is 1.46 bits per heavy atom. The van der Waals surface area contributed by atoms with Crippen LogP contribution in [-0.2, 0) is 0 Å². The van der Waals surface area contributed by atoms with E-state index in [4.69, 9.17) is 16.3 Å². The van der Waals surface area contributed by atoms with Gasteiger partial charge in [-0.3, -0.25) is 4.79 Å². The first-order chi connectivity index (χ1) is 6.18. The van der Waals surface area contributed by atoms with E-state index in [0.29, 0.717) is 29.4 Å². The van der Waals surface area contributed by atoms with Crippen LogP contribution >= 0.6 is 11.6 Å². The first-order valence-electron chi connectivity index (χ1n) is 4.14. The summed E-state index contributed by atoms with van der Waals surface area (Å²) in [5, 5.41) is 0.623. The fourth-order valence-corrected chi connectivity index (χ4v) is 1.54. The number of aryl methyl sites for hydroxylation is 1. The predicted octanol–water partition coefficient (Wildman–Crippen LogP) is 2.61. The second kappa shape index (κ2) is 3.04. The SMILES string of the molecule is Cc1cc2c(cc1Cl)C(=O)CCO2. The Morgan fingerprint density at radius 2 is 2.23 bits per heavy atom. The minimum Gasteiger partial charge on any atom is -0.492 e. The average molecular weight is 197 g/mol. The summed E-state index contributed by atoms with van der Waals surface area (Å²) in [5.74, 6) is 0.779. The molecule has 0 atom stereocenters. The molecule has 0 amide bonds. The molecule has 1 aliphatic heterocycles. The molecular weight excluding hydrogens is 188 g/mol. The van der Waals surface area contributed by atoms with Crippen LogP contribution in [0.15, 0.2) is 12.1 Å². The summed E-state index contributed by atoms with van der Waals surface area (Å²) in [5.41, 5.74) is 1.55. The van der Waals surface area contributed by atoms with E-state index in [1.807, 2.05) is 13.0 Å². The molecule has 0 aliphatic carbocycles. The molecular formula is C10H9ClO2. The van der Waals surface area contributed by atoms with E-state index < -0.39 is 0 Å². The van der Waals surface area contributed by atoms with E-state index in [1.165, 1.54) is 0 Å². The lowest BCUT2D eigenvalue weighted by Gasteiger charge is -2.17. The van der Waals surface area contributed by atoms with Crippen molar-refractivity contribution in [3.05, 3.63) is 28.3 Å². The highest BCUT2D eigenvalue weighted by Gasteiger charge is 2.19. The molecule has 0 saturated carbocycles. The summed E-state index contributed by atoms with van der Waals surface area (Å²) in [6.07, 6.45) is 0.451. The van der Waals surface area contributed by atoms with Crippen LogP contribution in [0.2, 0.25) is 5.02 Å². The number of ketones is 1. The second-order valence-electron chi connectivity index (χ2n) is 3.12. The highest BCUT2D eigenvalue weighted by Crippen LogP contribution is 2.30. The van der Waals surface area contributed by atoms with E-state index in [2.05, 4.69) is 0 Å². The standard InChI is InChI=1S/C10H9ClO2/c1-6-4-10-7(5-8(6)11)9(12)2-3-13-10/h4-5H,2-3H2,1H3. The lowest BCUT2D eigenvalue weighted by molar-refractivity contribution is 0.0933. The number of rotatable bonds is 0. The Balaban J connectivity index is 2.58. The van der Waals surface area contributed by atoms with Crippen molar-refractivity contribution >= 4 is 17.4 Å². The Kier molecular flexibility index (Phi) is 2.00. The number of ether oxygens (including phenoxy) is 1. The molecule has 0 spiro atoms. The molecule has 0 saturated heterocycles. The molecule has 0 bridgehead atoms. The lowest BCUT2D eigenvalue weighted by Crippen LogP contribution is -2.15. The van der Waals surface area contributed by atoms with Crippen LogP contribution in [-0.4, -0.2) is 12.4 Å². The van der Waals surface area contributed by atoms with Gasteiger partial charge >= 0.3 is 0 Å². The molecule has 0 fully saturated rings. The Labute approximate surface area is 81.5 Å². The second-order valence-corrected chi connectivity index (χ2v) is 3.53. The van der Waals surface area contributed by atoms with Gasteiger partial charge in [0, 0.05) is 11.4 Å². The topological polar surface area (TPSA) is 26.3 Å². The Bertz CT molecular complexity index is 371. The smallest absolute Gasteiger partial charge is 0.170 e. The maximum Gasteiger partial charge on any atom is 0.170 e. The third-order valence-corrected chi connectivity index (χ3v) is 2.56. The van der Waals surface area contributed by atoms with Gasteiger partial charge in [0.25, 0.3) is 0 Å². The van der Waals surface area contributed by atoms with Crippen molar-refractivity contribution in [3.63, 3.8) is 0 Å². The number of Topliss-reactive ketones (excluding diaryl/α,β-unsaturated/α-hetero) is 1. The zero-order valence-corrected chi connectivity index (χ0v) is 8.02.